The number of nitrogens with zero attached hydrogens (tertiary/aromatic N) is 1. The first-order valence-electron chi connectivity index (χ1n) is 7.90. The van der Waals surface area contributed by atoms with E-state index in [1.165, 1.54) is 0 Å². The molecule has 0 aliphatic heterocycles. The Bertz CT molecular complexity index is 893. The minimum absolute atomic E-state index is 0.113. The molecule has 0 fully saturated rings. The van der Waals surface area contributed by atoms with Gasteiger partial charge in [0.25, 0.3) is 5.91 Å². The van der Waals surface area contributed by atoms with E-state index in [-0.39, 0.29) is 18.1 Å². The van der Waals surface area contributed by atoms with Crippen molar-refractivity contribution in [2.45, 2.75) is 6.42 Å². The Hall–Kier alpha value is -3.18. The molecule has 0 aliphatic carbocycles. The molecule has 25 heavy (non-hydrogen) atoms. The maximum Gasteiger partial charge on any atom is 0.254 e. The molecule has 2 aromatic carbocycles. The quantitative estimate of drug-likeness (QED) is 0.725. The predicted molar refractivity (Wildman–Crippen MR) is 95.5 cm³/mol. The molecule has 3 aromatic rings. The lowest BCUT2D eigenvalue weighted by Gasteiger charge is -2.10. The molecule has 3 rings (SSSR count). The van der Waals surface area contributed by atoms with Crippen LogP contribution in [0.25, 0.3) is 11.1 Å². The van der Waals surface area contributed by atoms with Crippen LogP contribution >= 0.6 is 0 Å². The summed E-state index contributed by atoms with van der Waals surface area (Å²) in [6.07, 6.45) is 2.16. The van der Waals surface area contributed by atoms with Crippen LogP contribution in [0.5, 0.6) is 11.6 Å². The van der Waals surface area contributed by atoms with Crippen LogP contribution < -0.4 is 10.5 Å². The van der Waals surface area contributed by atoms with Gasteiger partial charge in [0.15, 0.2) is 0 Å². The Labute approximate surface area is 145 Å². The zero-order chi connectivity index (χ0) is 17.6. The minimum atomic E-state index is -0.587. The van der Waals surface area contributed by atoms with Gasteiger partial charge in [-0.1, -0.05) is 36.4 Å². The molecule has 5 nitrogen and oxygen atoms in total. The van der Waals surface area contributed by atoms with Crippen LogP contribution in [0.3, 0.4) is 0 Å². The zero-order valence-corrected chi connectivity index (χ0v) is 13.6. The topological polar surface area (TPSA) is 85.4 Å². The zero-order valence-electron chi connectivity index (χ0n) is 13.6. The fourth-order valence-corrected chi connectivity index (χ4v) is 2.55. The number of carbonyl (C=O) groups is 1. The summed E-state index contributed by atoms with van der Waals surface area (Å²) in [5, 5.41) is 9.10. The van der Waals surface area contributed by atoms with Gasteiger partial charge in [0.2, 0.25) is 5.88 Å². The Morgan fingerprint density at radius 1 is 1.04 bits per heavy atom. The lowest BCUT2D eigenvalue weighted by molar-refractivity contribution is 0.0997. The molecule has 0 saturated heterocycles. The number of nitrogens with two attached hydrogens (primary N) is 1. The second-order valence-electron chi connectivity index (χ2n) is 5.52. The van der Waals surface area contributed by atoms with Crippen molar-refractivity contribution in [2.24, 2.45) is 5.73 Å². The summed E-state index contributed by atoms with van der Waals surface area (Å²) in [5.41, 5.74) is 8.64. The van der Waals surface area contributed by atoms with E-state index in [2.05, 4.69) is 4.98 Å². The molecule has 126 valence electrons. The predicted octanol–water partition coefficient (Wildman–Crippen LogP) is 3.17. The largest absolute Gasteiger partial charge is 0.438 e. The molecule has 1 heterocycles. The molecule has 5 heteroatoms. The van der Waals surface area contributed by atoms with E-state index in [4.69, 9.17) is 15.6 Å². The average molecular weight is 334 g/mol. The van der Waals surface area contributed by atoms with Gasteiger partial charge in [0.1, 0.15) is 11.3 Å². The number of rotatable bonds is 6. The number of pyridine rings is 1. The fraction of sp³-hybridized carbons (Fsp3) is 0.100. The highest BCUT2D eigenvalue weighted by atomic mass is 16.5. The maximum absolute atomic E-state index is 11.5. The van der Waals surface area contributed by atoms with E-state index in [1.807, 2.05) is 42.5 Å². The van der Waals surface area contributed by atoms with Crippen LogP contribution in [0.4, 0.5) is 0 Å². The number of primary amides is 1. The van der Waals surface area contributed by atoms with E-state index in [0.717, 1.165) is 16.7 Å². The van der Waals surface area contributed by atoms with E-state index in [1.54, 1.807) is 24.4 Å². The van der Waals surface area contributed by atoms with Crippen LogP contribution in [0, 0.1) is 0 Å². The number of aromatic nitrogens is 1. The molecular weight excluding hydrogens is 316 g/mol. The Morgan fingerprint density at radius 3 is 2.56 bits per heavy atom. The van der Waals surface area contributed by atoms with Crippen molar-refractivity contribution in [3.05, 3.63) is 78.0 Å². The molecule has 0 bridgehead atoms. The van der Waals surface area contributed by atoms with Crippen LogP contribution in [0.1, 0.15) is 15.9 Å². The first kappa shape index (κ1) is 16.7. The summed E-state index contributed by atoms with van der Waals surface area (Å²) in [5.74, 6) is 0.156. The van der Waals surface area contributed by atoms with E-state index >= 15 is 0 Å². The fourth-order valence-electron chi connectivity index (χ4n) is 2.55. The highest BCUT2D eigenvalue weighted by molar-refractivity contribution is 5.95. The summed E-state index contributed by atoms with van der Waals surface area (Å²) in [4.78, 5) is 15.6. The van der Waals surface area contributed by atoms with E-state index < -0.39 is 5.91 Å². The number of benzene rings is 2. The molecule has 1 amide bonds. The van der Waals surface area contributed by atoms with Crippen LogP contribution in [-0.2, 0) is 6.42 Å². The maximum atomic E-state index is 11.5. The molecule has 0 atom stereocenters. The third-order valence-corrected chi connectivity index (χ3v) is 3.75. The third-order valence-electron chi connectivity index (χ3n) is 3.75. The van der Waals surface area contributed by atoms with Crippen molar-refractivity contribution < 1.29 is 14.6 Å². The summed E-state index contributed by atoms with van der Waals surface area (Å²) in [6, 6.07) is 18.7. The number of hydrogen-bond acceptors (Lipinski definition) is 4. The number of aliphatic hydroxyl groups is 1. The van der Waals surface area contributed by atoms with Crippen LogP contribution in [-0.4, -0.2) is 22.6 Å². The smallest absolute Gasteiger partial charge is 0.254 e. The first-order valence-corrected chi connectivity index (χ1v) is 7.90. The van der Waals surface area contributed by atoms with Crippen molar-refractivity contribution in [1.29, 1.82) is 0 Å². The molecule has 3 N–H and O–H groups in total. The number of hydrogen-bond donors (Lipinski definition) is 2. The molecule has 0 unspecified atom stereocenters. The van der Waals surface area contributed by atoms with Gasteiger partial charge in [0.05, 0.1) is 0 Å². The highest BCUT2D eigenvalue weighted by Gasteiger charge is 2.11. The van der Waals surface area contributed by atoms with Crippen molar-refractivity contribution in [2.75, 3.05) is 6.61 Å². The second kappa shape index (κ2) is 7.59. The summed E-state index contributed by atoms with van der Waals surface area (Å²) < 4.78 is 5.76. The van der Waals surface area contributed by atoms with Gasteiger partial charge in [-0.3, -0.25) is 4.79 Å². The SMILES string of the molecule is NC(=O)c1cccnc1Oc1cccc(-c2cccc(CCO)c2)c1. The van der Waals surface area contributed by atoms with Crippen LogP contribution in [0.2, 0.25) is 0 Å². The highest BCUT2D eigenvalue weighted by Crippen LogP contribution is 2.28. The lowest BCUT2D eigenvalue weighted by Crippen LogP contribution is -2.12. The Kier molecular flexibility index (Phi) is 5.06. The molecule has 0 aliphatic rings. The summed E-state index contributed by atoms with van der Waals surface area (Å²) >= 11 is 0. The number of aliphatic hydroxyl groups excluding tert-OH is 1. The third kappa shape index (κ3) is 4.02. The van der Waals surface area contributed by atoms with E-state index in [0.29, 0.717) is 12.2 Å². The molecular formula is C20H18N2O3. The van der Waals surface area contributed by atoms with Crippen LogP contribution in [0.15, 0.2) is 66.9 Å². The van der Waals surface area contributed by atoms with Gasteiger partial charge >= 0.3 is 0 Å². The van der Waals surface area contributed by atoms with Gasteiger partial charge < -0.3 is 15.6 Å². The summed E-state index contributed by atoms with van der Waals surface area (Å²) in [6.45, 7) is 0.113. The lowest BCUT2D eigenvalue weighted by atomic mass is 10.0. The molecule has 0 saturated carbocycles. The monoisotopic (exact) mass is 334 g/mol. The van der Waals surface area contributed by atoms with Crippen molar-refractivity contribution in [3.8, 4) is 22.8 Å². The summed E-state index contributed by atoms with van der Waals surface area (Å²) in [7, 11) is 0. The van der Waals surface area contributed by atoms with E-state index in [9.17, 15) is 4.79 Å². The number of carbonyl (C=O) groups excluding carboxylic acids is 1. The standard InChI is InChI=1S/C20H18N2O3/c21-19(24)18-8-3-10-22-20(18)25-17-7-2-6-16(13-17)15-5-1-4-14(12-15)9-11-23/h1-8,10,12-13,23H,9,11H2,(H2,21,24). The van der Waals surface area contributed by atoms with Crippen molar-refractivity contribution in [3.63, 3.8) is 0 Å². The average Bonchev–Trinajstić information content (AvgIpc) is 2.63. The first-order chi connectivity index (χ1) is 12.2. The molecule has 0 radical (unpaired) electrons. The van der Waals surface area contributed by atoms with Gasteiger partial charge in [-0.15, -0.1) is 0 Å². The Balaban J connectivity index is 1.90. The number of amides is 1. The minimum Gasteiger partial charge on any atom is -0.438 e. The van der Waals surface area contributed by atoms with Crippen molar-refractivity contribution in [1.82, 2.24) is 4.98 Å². The normalized spacial score (nSPS) is 10.4. The van der Waals surface area contributed by atoms with Gasteiger partial charge in [-0.25, -0.2) is 4.98 Å². The van der Waals surface area contributed by atoms with Crippen molar-refractivity contribution >= 4 is 5.91 Å². The molecule has 1 aromatic heterocycles. The Morgan fingerprint density at radius 2 is 1.80 bits per heavy atom. The van der Waals surface area contributed by atoms with Gasteiger partial charge in [0, 0.05) is 12.8 Å². The second-order valence-corrected chi connectivity index (χ2v) is 5.52. The molecule has 0 spiro atoms. The van der Waals surface area contributed by atoms with Gasteiger partial charge in [-0.2, -0.15) is 0 Å². The number of ether oxygens (including phenoxy) is 1. The van der Waals surface area contributed by atoms with Gasteiger partial charge in [-0.05, 0) is 47.4 Å².